The van der Waals surface area contributed by atoms with E-state index in [-0.39, 0.29) is 5.91 Å². The van der Waals surface area contributed by atoms with Gasteiger partial charge >= 0.3 is 0 Å². The van der Waals surface area contributed by atoms with Crippen LogP contribution in [0, 0.1) is 0 Å². The first-order valence-corrected chi connectivity index (χ1v) is 11.0. The van der Waals surface area contributed by atoms with Gasteiger partial charge in [-0.05, 0) is 31.4 Å². The monoisotopic (exact) mass is 387 g/mol. The summed E-state index contributed by atoms with van der Waals surface area (Å²) in [6.07, 6.45) is 3.14. The lowest BCUT2D eigenvalue weighted by atomic mass is 10.2. The maximum atomic E-state index is 12.6. The van der Waals surface area contributed by atoms with Crippen molar-refractivity contribution >= 4 is 27.3 Å². The van der Waals surface area contributed by atoms with E-state index in [0.717, 1.165) is 30.7 Å². The highest BCUT2D eigenvalue weighted by atomic mass is 32.2. The van der Waals surface area contributed by atoms with Crippen molar-refractivity contribution in [3.8, 4) is 0 Å². The van der Waals surface area contributed by atoms with Crippen molar-refractivity contribution < 1.29 is 17.9 Å². The van der Waals surface area contributed by atoms with Crippen molar-refractivity contribution in [3.05, 3.63) is 17.0 Å². The summed E-state index contributed by atoms with van der Waals surface area (Å²) in [5, 5.41) is 5.97. The predicted molar refractivity (Wildman–Crippen MR) is 96.3 cm³/mol. The molecule has 3 heterocycles. The van der Waals surface area contributed by atoms with E-state index >= 15 is 0 Å². The third-order valence-electron chi connectivity index (χ3n) is 4.44. The van der Waals surface area contributed by atoms with E-state index in [2.05, 4.69) is 10.6 Å². The zero-order chi connectivity index (χ0) is 17.7. The Balaban J connectivity index is 1.50. The summed E-state index contributed by atoms with van der Waals surface area (Å²) in [5.41, 5.74) is 0. The van der Waals surface area contributed by atoms with Crippen molar-refractivity contribution in [1.82, 2.24) is 14.9 Å². The van der Waals surface area contributed by atoms with Gasteiger partial charge in [0.25, 0.3) is 10.0 Å². The number of amides is 1. The maximum absolute atomic E-state index is 12.6. The fraction of sp³-hybridized carbons (Fsp3) is 0.688. The van der Waals surface area contributed by atoms with E-state index in [1.54, 1.807) is 10.4 Å². The SMILES string of the molecule is O=C(NCCc1ccc(S(=O)(=O)N2CCCCC2)s1)C1CNCCO1. The van der Waals surface area contributed by atoms with Crippen LogP contribution in [0.5, 0.6) is 0 Å². The molecule has 2 aliphatic rings. The van der Waals surface area contributed by atoms with Crippen LogP contribution in [0.3, 0.4) is 0 Å². The van der Waals surface area contributed by atoms with Crippen LogP contribution in [0.15, 0.2) is 16.3 Å². The number of morpholine rings is 1. The third-order valence-corrected chi connectivity index (χ3v) is 7.95. The van der Waals surface area contributed by atoms with Crippen LogP contribution in [-0.2, 0) is 26.0 Å². The summed E-state index contributed by atoms with van der Waals surface area (Å²) in [5.74, 6) is -0.120. The fourth-order valence-electron chi connectivity index (χ4n) is 3.02. The smallest absolute Gasteiger partial charge is 0.252 e. The number of nitrogens with zero attached hydrogens (tertiary/aromatic N) is 1. The van der Waals surface area contributed by atoms with Crippen LogP contribution in [0.25, 0.3) is 0 Å². The summed E-state index contributed by atoms with van der Waals surface area (Å²) in [6, 6.07) is 3.52. The molecular formula is C16H25N3O4S2. The van der Waals surface area contributed by atoms with Gasteiger partial charge < -0.3 is 15.4 Å². The van der Waals surface area contributed by atoms with E-state index in [1.807, 2.05) is 6.07 Å². The van der Waals surface area contributed by atoms with Gasteiger partial charge in [-0.15, -0.1) is 11.3 Å². The minimum absolute atomic E-state index is 0.120. The molecule has 9 heteroatoms. The highest BCUT2D eigenvalue weighted by Crippen LogP contribution is 2.27. The molecule has 3 rings (SSSR count). The molecule has 140 valence electrons. The van der Waals surface area contributed by atoms with Crippen LogP contribution in [0.2, 0.25) is 0 Å². The molecule has 1 aromatic heterocycles. The first-order chi connectivity index (χ1) is 12.1. The first kappa shape index (κ1) is 18.8. The highest BCUT2D eigenvalue weighted by Gasteiger charge is 2.27. The Labute approximate surface area is 152 Å². The number of hydrogen-bond acceptors (Lipinski definition) is 6. The van der Waals surface area contributed by atoms with Crippen LogP contribution >= 0.6 is 11.3 Å². The molecule has 2 aliphatic heterocycles. The Hall–Kier alpha value is -1.00. The Bertz CT molecular complexity index is 677. The molecule has 1 amide bonds. The van der Waals surface area contributed by atoms with Crippen molar-refractivity contribution in [2.45, 2.75) is 36.0 Å². The highest BCUT2D eigenvalue weighted by molar-refractivity contribution is 7.91. The van der Waals surface area contributed by atoms with Crippen LogP contribution < -0.4 is 10.6 Å². The second kappa shape index (κ2) is 8.59. The zero-order valence-corrected chi connectivity index (χ0v) is 15.8. The lowest BCUT2D eigenvalue weighted by Crippen LogP contribution is -2.48. The normalized spacial score (nSPS) is 22.6. The van der Waals surface area contributed by atoms with Crippen LogP contribution in [0.1, 0.15) is 24.1 Å². The summed E-state index contributed by atoms with van der Waals surface area (Å²) < 4.78 is 32.6. The number of rotatable bonds is 6. The minimum atomic E-state index is -3.36. The van der Waals surface area contributed by atoms with Crippen LogP contribution in [0.4, 0.5) is 0 Å². The average Bonchev–Trinajstić information content (AvgIpc) is 3.13. The molecule has 7 nitrogen and oxygen atoms in total. The molecule has 25 heavy (non-hydrogen) atoms. The molecule has 1 atom stereocenters. The van der Waals surface area contributed by atoms with Gasteiger partial charge in [0, 0.05) is 37.6 Å². The van der Waals surface area contributed by atoms with Gasteiger partial charge in [-0.2, -0.15) is 4.31 Å². The number of sulfonamides is 1. The van der Waals surface area contributed by atoms with E-state index in [4.69, 9.17) is 4.74 Å². The molecule has 0 saturated carbocycles. The van der Waals surface area contributed by atoms with Gasteiger partial charge in [-0.25, -0.2) is 8.42 Å². The topological polar surface area (TPSA) is 87.7 Å². The number of hydrogen-bond donors (Lipinski definition) is 2. The van der Waals surface area contributed by atoms with Crippen molar-refractivity contribution in [2.75, 3.05) is 39.3 Å². The molecule has 0 aromatic carbocycles. The number of carbonyl (C=O) groups excluding carboxylic acids is 1. The zero-order valence-electron chi connectivity index (χ0n) is 14.2. The number of carbonyl (C=O) groups is 1. The van der Waals surface area contributed by atoms with Gasteiger partial charge in [0.15, 0.2) is 0 Å². The Kier molecular flexibility index (Phi) is 6.45. The van der Waals surface area contributed by atoms with Gasteiger partial charge in [-0.1, -0.05) is 6.42 Å². The van der Waals surface area contributed by atoms with E-state index in [9.17, 15) is 13.2 Å². The fourth-order valence-corrected chi connectivity index (χ4v) is 6.05. The molecule has 2 N–H and O–H groups in total. The molecule has 2 saturated heterocycles. The molecular weight excluding hydrogens is 362 g/mol. The standard InChI is InChI=1S/C16H25N3O4S2/c20-16(14-12-17-8-11-23-14)18-7-6-13-4-5-15(24-13)25(21,22)19-9-2-1-3-10-19/h4-5,14,17H,1-3,6-12H2,(H,18,20). The third kappa shape index (κ3) is 4.79. The molecule has 1 aromatic rings. The molecule has 2 fully saturated rings. The number of ether oxygens (including phenoxy) is 1. The average molecular weight is 388 g/mol. The molecule has 0 bridgehead atoms. The second-order valence-electron chi connectivity index (χ2n) is 6.29. The quantitative estimate of drug-likeness (QED) is 0.745. The van der Waals surface area contributed by atoms with Crippen molar-refractivity contribution in [1.29, 1.82) is 0 Å². The largest absolute Gasteiger partial charge is 0.366 e. The number of piperidine rings is 1. The van der Waals surface area contributed by atoms with Crippen molar-refractivity contribution in [3.63, 3.8) is 0 Å². The summed E-state index contributed by atoms with van der Waals surface area (Å²) >= 11 is 1.30. The summed E-state index contributed by atoms with van der Waals surface area (Å²) in [6.45, 7) is 3.54. The lowest BCUT2D eigenvalue weighted by Gasteiger charge is -2.25. The second-order valence-corrected chi connectivity index (χ2v) is 9.62. The maximum Gasteiger partial charge on any atom is 0.252 e. The Morgan fingerprint density at radius 2 is 2.12 bits per heavy atom. The molecule has 0 aliphatic carbocycles. The van der Waals surface area contributed by atoms with Gasteiger partial charge in [-0.3, -0.25) is 4.79 Å². The predicted octanol–water partition coefficient (Wildman–Crippen LogP) is 0.570. The summed E-state index contributed by atoms with van der Waals surface area (Å²) in [4.78, 5) is 12.9. The lowest BCUT2D eigenvalue weighted by molar-refractivity contribution is -0.134. The minimum Gasteiger partial charge on any atom is -0.366 e. The van der Waals surface area contributed by atoms with E-state index in [1.165, 1.54) is 11.3 Å². The number of nitrogens with one attached hydrogen (secondary N) is 2. The summed E-state index contributed by atoms with van der Waals surface area (Å²) in [7, 11) is -3.36. The molecule has 0 radical (unpaired) electrons. The molecule has 0 spiro atoms. The first-order valence-electron chi connectivity index (χ1n) is 8.76. The van der Waals surface area contributed by atoms with Gasteiger partial charge in [0.05, 0.1) is 6.61 Å². The Morgan fingerprint density at radius 1 is 1.32 bits per heavy atom. The van der Waals surface area contributed by atoms with E-state index in [0.29, 0.717) is 43.4 Å². The Morgan fingerprint density at radius 3 is 2.84 bits per heavy atom. The van der Waals surface area contributed by atoms with Gasteiger partial charge in [0.2, 0.25) is 5.91 Å². The molecule has 1 unspecified atom stereocenters. The van der Waals surface area contributed by atoms with Crippen molar-refractivity contribution in [2.24, 2.45) is 0 Å². The van der Waals surface area contributed by atoms with Gasteiger partial charge in [0.1, 0.15) is 10.3 Å². The number of thiophene rings is 1. The van der Waals surface area contributed by atoms with E-state index < -0.39 is 16.1 Å². The van der Waals surface area contributed by atoms with Crippen LogP contribution in [-0.4, -0.2) is 64.1 Å².